The monoisotopic (exact) mass is 338 g/mol. The summed E-state index contributed by atoms with van der Waals surface area (Å²) in [5.41, 5.74) is 1.72. The summed E-state index contributed by atoms with van der Waals surface area (Å²) in [5, 5.41) is 3.47. The molecule has 0 fully saturated rings. The van der Waals surface area contributed by atoms with Gasteiger partial charge in [-0.1, -0.05) is 25.1 Å². The number of hydrogen-bond acceptors (Lipinski definition) is 4. The summed E-state index contributed by atoms with van der Waals surface area (Å²) >= 11 is 1.96. The molecule has 1 aromatic carbocycles. The zero-order valence-electron chi connectivity index (χ0n) is 15.0. The van der Waals surface area contributed by atoms with Crippen LogP contribution in [0.4, 0.5) is 10.5 Å². The Morgan fingerprint density at radius 2 is 2.00 bits per heavy atom. The van der Waals surface area contributed by atoms with Gasteiger partial charge in [0.2, 0.25) is 0 Å². The first-order valence-corrected chi connectivity index (χ1v) is 9.32. The lowest BCUT2D eigenvalue weighted by Gasteiger charge is -2.25. The van der Waals surface area contributed by atoms with Crippen LogP contribution >= 0.6 is 11.8 Å². The molecule has 1 amide bonds. The minimum Gasteiger partial charge on any atom is -0.444 e. The summed E-state index contributed by atoms with van der Waals surface area (Å²) in [6.07, 6.45) is 0.834. The van der Waals surface area contributed by atoms with Crippen LogP contribution in [0.1, 0.15) is 39.7 Å². The second-order valence-corrected chi connectivity index (χ2v) is 7.86. The number of carbonyl (C=O) groups is 1. The number of carbonyl (C=O) groups excluding carboxylic acids is 1. The number of hydrogen-bond donors (Lipinski definition) is 1. The topological polar surface area (TPSA) is 41.6 Å². The molecule has 4 nitrogen and oxygen atoms in total. The molecule has 5 heteroatoms. The van der Waals surface area contributed by atoms with Crippen molar-refractivity contribution in [2.24, 2.45) is 0 Å². The summed E-state index contributed by atoms with van der Waals surface area (Å²) in [4.78, 5) is 13.7. The van der Waals surface area contributed by atoms with Gasteiger partial charge in [-0.05, 0) is 50.3 Å². The Bertz CT molecular complexity index is 486. The van der Waals surface area contributed by atoms with E-state index in [4.69, 9.17) is 4.74 Å². The first-order valence-electron chi connectivity index (χ1n) is 8.17. The summed E-state index contributed by atoms with van der Waals surface area (Å²) in [6.45, 7) is 9.29. The molecule has 1 N–H and O–H groups in total. The lowest BCUT2D eigenvalue weighted by molar-refractivity contribution is 0.0285. The summed E-state index contributed by atoms with van der Waals surface area (Å²) in [7, 11) is 1.77. The van der Waals surface area contributed by atoms with Gasteiger partial charge in [-0.25, -0.2) is 4.79 Å². The van der Waals surface area contributed by atoms with Crippen LogP contribution in [-0.4, -0.2) is 41.7 Å². The number of nitrogens with zero attached hydrogens (tertiary/aromatic N) is 1. The van der Waals surface area contributed by atoms with E-state index in [9.17, 15) is 4.79 Å². The van der Waals surface area contributed by atoms with Crippen LogP contribution in [0.15, 0.2) is 24.3 Å². The van der Waals surface area contributed by atoms with Gasteiger partial charge in [0, 0.05) is 19.3 Å². The van der Waals surface area contributed by atoms with E-state index in [1.54, 1.807) is 11.9 Å². The van der Waals surface area contributed by atoms with Gasteiger partial charge < -0.3 is 15.0 Å². The molecule has 0 saturated carbocycles. The number of rotatable bonds is 8. The van der Waals surface area contributed by atoms with Gasteiger partial charge >= 0.3 is 6.09 Å². The van der Waals surface area contributed by atoms with E-state index in [1.165, 1.54) is 5.75 Å². The zero-order chi connectivity index (χ0) is 17.3. The molecule has 0 aromatic heterocycles. The SMILES string of the molecule is CCSCCCNc1ccccc1CN(C)C(=O)OC(C)(C)C. The molecule has 0 atom stereocenters. The molecule has 0 aliphatic heterocycles. The van der Waals surface area contributed by atoms with Crippen LogP contribution in [0.2, 0.25) is 0 Å². The van der Waals surface area contributed by atoms with E-state index < -0.39 is 5.60 Å². The first-order chi connectivity index (χ1) is 10.8. The van der Waals surface area contributed by atoms with Crippen molar-refractivity contribution in [3.63, 3.8) is 0 Å². The quantitative estimate of drug-likeness (QED) is 0.703. The maximum absolute atomic E-state index is 12.1. The van der Waals surface area contributed by atoms with E-state index in [1.807, 2.05) is 50.7 Å². The van der Waals surface area contributed by atoms with Crippen molar-refractivity contribution in [2.75, 3.05) is 30.4 Å². The van der Waals surface area contributed by atoms with E-state index in [0.717, 1.165) is 30.0 Å². The van der Waals surface area contributed by atoms with Crippen LogP contribution < -0.4 is 5.32 Å². The Morgan fingerprint density at radius 3 is 2.65 bits per heavy atom. The second-order valence-electron chi connectivity index (χ2n) is 6.47. The molecule has 0 bridgehead atoms. The molecule has 0 heterocycles. The maximum atomic E-state index is 12.1. The number of benzene rings is 1. The highest BCUT2D eigenvalue weighted by Gasteiger charge is 2.20. The van der Waals surface area contributed by atoms with Crippen LogP contribution in [-0.2, 0) is 11.3 Å². The Labute approximate surface area is 145 Å². The van der Waals surface area contributed by atoms with Gasteiger partial charge in [-0.2, -0.15) is 11.8 Å². The van der Waals surface area contributed by atoms with Gasteiger partial charge in [-0.15, -0.1) is 0 Å². The number of nitrogens with one attached hydrogen (secondary N) is 1. The number of para-hydroxylation sites is 1. The van der Waals surface area contributed by atoms with Gasteiger partial charge in [0.05, 0.1) is 6.54 Å². The zero-order valence-corrected chi connectivity index (χ0v) is 15.8. The smallest absolute Gasteiger partial charge is 0.410 e. The van der Waals surface area contributed by atoms with Gasteiger partial charge in [-0.3, -0.25) is 0 Å². The Balaban J connectivity index is 2.57. The van der Waals surface area contributed by atoms with E-state index in [2.05, 4.69) is 18.3 Å². The third kappa shape index (κ3) is 8.16. The predicted molar refractivity (Wildman–Crippen MR) is 100 cm³/mol. The molecule has 0 radical (unpaired) electrons. The van der Waals surface area contributed by atoms with Crippen molar-refractivity contribution >= 4 is 23.5 Å². The van der Waals surface area contributed by atoms with E-state index in [-0.39, 0.29) is 6.09 Å². The third-order valence-electron chi connectivity index (χ3n) is 3.12. The van der Waals surface area contributed by atoms with Crippen molar-refractivity contribution in [2.45, 2.75) is 46.3 Å². The molecule has 1 aromatic rings. The Hall–Kier alpha value is -1.36. The predicted octanol–water partition coefficient (Wildman–Crippen LogP) is 4.61. The number of amides is 1. The molecule has 130 valence electrons. The fraction of sp³-hybridized carbons (Fsp3) is 0.611. The molecule has 0 saturated heterocycles. The van der Waals surface area contributed by atoms with Crippen molar-refractivity contribution < 1.29 is 9.53 Å². The normalized spacial score (nSPS) is 11.2. The average molecular weight is 339 g/mol. The van der Waals surface area contributed by atoms with Crippen LogP contribution in [0.3, 0.4) is 0 Å². The largest absolute Gasteiger partial charge is 0.444 e. The second kappa shape index (κ2) is 9.71. The van der Waals surface area contributed by atoms with Gasteiger partial charge in [0.1, 0.15) is 5.60 Å². The van der Waals surface area contributed by atoms with Crippen LogP contribution in [0.5, 0.6) is 0 Å². The molecule has 23 heavy (non-hydrogen) atoms. The van der Waals surface area contributed by atoms with E-state index >= 15 is 0 Å². The average Bonchev–Trinajstić information content (AvgIpc) is 2.47. The lowest BCUT2D eigenvalue weighted by Crippen LogP contribution is -2.34. The maximum Gasteiger partial charge on any atom is 0.410 e. The highest BCUT2D eigenvalue weighted by Crippen LogP contribution is 2.18. The molecule has 0 spiro atoms. The highest BCUT2D eigenvalue weighted by molar-refractivity contribution is 7.99. The molecular formula is C18H30N2O2S. The van der Waals surface area contributed by atoms with Gasteiger partial charge in [0.25, 0.3) is 0 Å². The first kappa shape index (κ1) is 19.7. The molecule has 1 rings (SSSR count). The lowest BCUT2D eigenvalue weighted by atomic mass is 10.1. The summed E-state index contributed by atoms with van der Waals surface area (Å²) in [6, 6.07) is 8.12. The molecule has 0 aliphatic rings. The summed E-state index contributed by atoms with van der Waals surface area (Å²) in [5.74, 6) is 2.33. The van der Waals surface area contributed by atoms with Crippen molar-refractivity contribution in [3.8, 4) is 0 Å². The van der Waals surface area contributed by atoms with Crippen molar-refractivity contribution in [1.82, 2.24) is 4.90 Å². The number of ether oxygens (including phenoxy) is 1. The molecule has 0 aliphatic carbocycles. The summed E-state index contributed by atoms with van der Waals surface area (Å²) < 4.78 is 5.40. The van der Waals surface area contributed by atoms with Crippen LogP contribution in [0.25, 0.3) is 0 Å². The highest BCUT2D eigenvalue weighted by atomic mass is 32.2. The number of thioether (sulfide) groups is 1. The fourth-order valence-corrected chi connectivity index (χ4v) is 2.67. The minimum absolute atomic E-state index is 0.299. The number of anilines is 1. The molecule has 0 unspecified atom stereocenters. The Morgan fingerprint density at radius 1 is 1.30 bits per heavy atom. The van der Waals surface area contributed by atoms with E-state index in [0.29, 0.717) is 6.54 Å². The third-order valence-corrected chi connectivity index (χ3v) is 4.10. The van der Waals surface area contributed by atoms with Gasteiger partial charge in [0.15, 0.2) is 0 Å². The Kier molecular flexibility index (Phi) is 8.31. The fourth-order valence-electron chi connectivity index (χ4n) is 2.03. The van der Waals surface area contributed by atoms with Crippen molar-refractivity contribution in [3.05, 3.63) is 29.8 Å². The van der Waals surface area contributed by atoms with Crippen molar-refractivity contribution in [1.29, 1.82) is 0 Å². The minimum atomic E-state index is -0.472. The van der Waals surface area contributed by atoms with Crippen LogP contribution in [0, 0.1) is 0 Å². The standard InChI is InChI=1S/C18H30N2O2S/c1-6-23-13-9-12-19-16-11-8-7-10-15(16)14-20(5)17(21)22-18(2,3)4/h7-8,10-11,19H,6,9,12-14H2,1-5H3. The molecular weight excluding hydrogens is 308 g/mol.